The van der Waals surface area contributed by atoms with Crippen molar-refractivity contribution in [2.45, 2.75) is 27.7 Å². The van der Waals surface area contributed by atoms with Crippen molar-refractivity contribution in [3.8, 4) is 0 Å². The summed E-state index contributed by atoms with van der Waals surface area (Å²) in [5.74, 6) is 0. The van der Waals surface area contributed by atoms with E-state index < -0.39 is 0 Å². The summed E-state index contributed by atoms with van der Waals surface area (Å²) in [6.45, 7) is 8.00. The van der Waals surface area contributed by atoms with Crippen molar-refractivity contribution in [3.63, 3.8) is 0 Å². The van der Waals surface area contributed by atoms with E-state index in [1.165, 1.54) is 20.2 Å². The van der Waals surface area contributed by atoms with Crippen molar-refractivity contribution < 1.29 is 0 Å². The van der Waals surface area contributed by atoms with Crippen molar-refractivity contribution in [2.75, 3.05) is 0 Å². The van der Waals surface area contributed by atoms with Crippen LogP contribution in [-0.4, -0.2) is 0 Å². The van der Waals surface area contributed by atoms with Crippen molar-refractivity contribution in [3.05, 3.63) is 45.3 Å². The molecule has 0 aliphatic heterocycles. The molecular weight excluding hydrogens is 384 g/mol. The number of halogens is 2. The fourth-order valence-electron chi connectivity index (χ4n) is 1.75. The molecular formula is C16H18Br2S. The van der Waals surface area contributed by atoms with E-state index in [9.17, 15) is 0 Å². The molecule has 1 heterocycles. The number of fused-ring (bicyclic) bond motifs is 3. The first kappa shape index (κ1) is 16.7. The van der Waals surface area contributed by atoms with E-state index in [2.05, 4.69) is 68.3 Å². The third kappa shape index (κ3) is 3.59. The van der Waals surface area contributed by atoms with Crippen LogP contribution in [0.3, 0.4) is 0 Å². The van der Waals surface area contributed by atoms with Crippen molar-refractivity contribution >= 4 is 63.4 Å². The zero-order valence-electron chi connectivity index (χ0n) is 11.6. The van der Waals surface area contributed by atoms with Crippen LogP contribution < -0.4 is 0 Å². The molecule has 0 saturated heterocycles. The zero-order chi connectivity index (χ0) is 14.4. The smallest absolute Gasteiger partial charge is 0.0498 e. The Bertz CT molecular complexity index is 656. The Morgan fingerprint density at radius 3 is 2.16 bits per heavy atom. The van der Waals surface area contributed by atoms with E-state index in [0.717, 1.165) is 8.95 Å². The molecule has 0 radical (unpaired) electrons. The molecule has 1 aromatic heterocycles. The first-order valence-electron chi connectivity index (χ1n) is 6.52. The molecule has 3 rings (SSSR count). The van der Waals surface area contributed by atoms with Gasteiger partial charge in [-0.2, -0.15) is 0 Å². The van der Waals surface area contributed by atoms with Crippen LogP contribution in [0, 0.1) is 0 Å². The van der Waals surface area contributed by atoms with Gasteiger partial charge >= 0.3 is 0 Å². The second-order valence-corrected chi connectivity index (χ2v) is 6.18. The number of thiophene rings is 1. The predicted molar refractivity (Wildman–Crippen MR) is 97.4 cm³/mol. The van der Waals surface area contributed by atoms with Gasteiger partial charge in [-0.3, -0.25) is 0 Å². The Hall–Kier alpha value is -0.380. The summed E-state index contributed by atoms with van der Waals surface area (Å²) in [4.78, 5) is 0. The van der Waals surface area contributed by atoms with Gasteiger partial charge in [-0.1, -0.05) is 61.8 Å². The molecule has 0 aliphatic carbocycles. The summed E-state index contributed by atoms with van der Waals surface area (Å²) in [5, 5.41) is 2.65. The third-order valence-corrected chi connectivity index (χ3v) is 4.96. The lowest BCUT2D eigenvalue weighted by Gasteiger charge is -1.95. The maximum absolute atomic E-state index is 3.61. The topological polar surface area (TPSA) is 0 Å². The molecule has 0 saturated carbocycles. The highest BCUT2D eigenvalue weighted by Gasteiger charge is 2.07. The van der Waals surface area contributed by atoms with Gasteiger partial charge in [0.25, 0.3) is 0 Å². The van der Waals surface area contributed by atoms with Gasteiger partial charge < -0.3 is 0 Å². The summed E-state index contributed by atoms with van der Waals surface area (Å²) in [7, 11) is 0. The Kier molecular flexibility index (Phi) is 7.05. The molecule has 0 aliphatic rings. The highest BCUT2D eigenvalue weighted by atomic mass is 79.9. The predicted octanol–water partition coefficient (Wildman–Crippen LogP) is 7.63. The molecule has 102 valence electrons. The van der Waals surface area contributed by atoms with E-state index in [-0.39, 0.29) is 0 Å². The maximum Gasteiger partial charge on any atom is 0.0498 e. The van der Waals surface area contributed by atoms with Gasteiger partial charge in [-0.15, -0.1) is 11.3 Å². The minimum Gasteiger partial charge on any atom is -0.134 e. The number of hydrogen-bond donors (Lipinski definition) is 0. The van der Waals surface area contributed by atoms with Gasteiger partial charge in [0.2, 0.25) is 0 Å². The lowest BCUT2D eigenvalue weighted by Crippen LogP contribution is -1.69. The van der Waals surface area contributed by atoms with Crippen LogP contribution in [0.1, 0.15) is 27.7 Å². The summed E-state index contributed by atoms with van der Waals surface area (Å²) in [6.07, 6.45) is 0. The van der Waals surface area contributed by atoms with Crippen LogP contribution in [-0.2, 0) is 0 Å². The zero-order valence-corrected chi connectivity index (χ0v) is 15.6. The summed E-state index contributed by atoms with van der Waals surface area (Å²) < 4.78 is 4.93. The van der Waals surface area contributed by atoms with Crippen LogP contribution in [0.2, 0.25) is 0 Å². The largest absolute Gasteiger partial charge is 0.134 e. The number of benzene rings is 2. The summed E-state index contributed by atoms with van der Waals surface area (Å²) >= 11 is 8.96. The lowest BCUT2D eigenvalue weighted by molar-refractivity contribution is 1.50. The molecule has 2 aromatic carbocycles. The number of rotatable bonds is 0. The first-order valence-corrected chi connectivity index (χ1v) is 8.92. The van der Waals surface area contributed by atoms with Crippen LogP contribution in [0.5, 0.6) is 0 Å². The molecule has 19 heavy (non-hydrogen) atoms. The quantitative estimate of drug-likeness (QED) is 0.363. The van der Waals surface area contributed by atoms with Crippen LogP contribution in [0.25, 0.3) is 20.2 Å². The van der Waals surface area contributed by atoms with Gasteiger partial charge in [-0.05, 0) is 34.1 Å². The monoisotopic (exact) mass is 400 g/mol. The fraction of sp³-hybridized carbons (Fsp3) is 0.250. The molecule has 0 bridgehead atoms. The molecule has 0 N–H and O–H groups in total. The average Bonchev–Trinajstić information content (AvgIpc) is 2.83. The fourth-order valence-corrected chi connectivity index (χ4v) is 4.31. The van der Waals surface area contributed by atoms with Gasteiger partial charge in [-0.25, -0.2) is 0 Å². The minimum absolute atomic E-state index is 1.12. The highest BCUT2D eigenvalue weighted by Crippen LogP contribution is 2.39. The van der Waals surface area contributed by atoms with E-state index in [1.807, 2.05) is 39.0 Å². The molecule has 0 nitrogen and oxygen atoms in total. The van der Waals surface area contributed by atoms with Gasteiger partial charge in [0.1, 0.15) is 0 Å². The molecule has 3 aromatic rings. The molecule has 0 atom stereocenters. The van der Waals surface area contributed by atoms with E-state index in [1.54, 1.807) is 0 Å². The molecule has 0 spiro atoms. The molecule has 0 fully saturated rings. The van der Waals surface area contributed by atoms with E-state index in [4.69, 9.17) is 0 Å². The van der Waals surface area contributed by atoms with Crippen molar-refractivity contribution in [2.24, 2.45) is 0 Å². The first-order chi connectivity index (χ1) is 9.25. The van der Waals surface area contributed by atoms with Crippen molar-refractivity contribution in [1.82, 2.24) is 0 Å². The lowest BCUT2D eigenvalue weighted by atomic mass is 10.2. The van der Waals surface area contributed by atoms with Crippen LogP contribution in [0.4, 0.5) is 0 Å². The van der Waals surface area contributed by atoms with E-state index in [0.29, 0.717) is 0 Å². The van der Waals surface area contributed by atoms with E-state index >= 15 is 0 Å². The average molecular weight is 402 g/mol. The standard InChI is InChI=1S/C12H6Br2S.2C2H6/c13-7-5-9-8-3-1-2-4-11(8)15-12(9)10(14)6-7;2*1-2/h1-6H;2*1-2H3. The van der Waals surface area contributed by atoms with Gasteiger partial charge in [0, 0.05) is 29.1 Å². The second kappa shape index (κ2) is 8.03. The van der Waals surface area contributed by atoms with Crippen molar-refractivity contribution in [1.29, 1.82) is 0 Å². The van der Waals surface area contributed by atoms with Gasteiger partial charge in [0.05, 0.1) is 0 Å². The van der Waals surface area contributed by atoms with Gasteiger partial charge in [0.15, 0.2) is 0 Å². The Morgan fingerprint density at radius 2 is 1.47 bits per heavy atom. The molecule has 0 amide bonds. The maximum atomic E-state index is 3.61. The van der Waals surface area contributed by atoms with Crippen LogP contribution >= 0.6 is 43.2 Å². The summed E-state index contributed by atoms with van der Waals surface area (Å²) in [5.41, 5.74) is 0. The third-order valence-electron chi connectivity index (χ3n) is 2.40. The normalized spacial score (nSPS) is 9.58. The Balaban J connectivity index is 0.000000415. The highest BCUT2D eigenvalue weighted by molar-refractivity contribution is 9.11. The molecule has 3 heteroatoms. The number of hydrogen-bond acceptors (Lipinski definition) is 1. The Morgan fingerprint density at radius 1 is 0.842 bits per heavy atom. The molecule has 0 unspecified atom stereocenters. The van der Waals surface area contributed by atoms with Crippen LogP contribution in [0.15, 0.2) is 45.3 Å². The Labute approximate surface area is 136 Å². The SMILES string of the molecule is Brc1cc(Br)c2sc3ccccc3c2c1.CC.CC. The summed E-state index contributed by atoms with van der Waals surface area (Å²) in [6, 6.07) is 12.8. The second-order valence-electron chi connectivity index (χ2n) is 3.36. The minimum atomic E-state index is 1.12.